The first kappa shape index (κ1) is 16.4. The summed E-state index contributed by atoms with van der Waals surface area (Å²) < 4.78 is 27.5. The predicted molar refractivity (Wildman–Crippen MR) is 94.1 cm³/mol. The summed E-state index contributed by atoms with van der Waals surface area (Å²) in [5.74, 6) is 0.889. The summed E-state index contributed by atoms with van der Waals surface area (Å²) in [4.78, 5) is 4.72. The Labute approximate surface area is 142 Å². The van der Waals surface area contributed by atoms with Crippen LogP contribution in [0.4, 0.5) is 0 Å². The van der Waals surface area contributed by atoms with Crippen molar-refractivity contribution in [3.63, 3.8) is 0 Å². The molecule has 0 saturated heterocycles. The van der Waals surface area contributed by atoms with Crippen LogP contribution in [0.25, 0.3) is 11.4 Å². The molecule has 0 amide bonds. The highest BCUT2D eigenvalue weighted by atomic mass is 32.2. The number of rotatable bonds is 5. The summed E-state index contributed by atoms with van der Waals surface area (Å²) in [6, 6.07) is 16.9. The molecule has 0 radical (unpaired) electrons. The molecule has 5 nitrogen and oxygen atoms in total. The lowest BCUT2D eigenvalue weighted by Crippen LogP contribution is -2.22. The Morgan fingerprint density at radius 2 is 1.67 bits per heavy atom. The third-order valence-electron chi connectivity index (χ3n) is 3.80. The third-order valence-corrected chi connectivity index (χ3v) is 5.63. The maximum absolute atomic E-state index is 12.1. The van der Waals surface area contributed by atoms with Crippen LogP contribution in [0.1, 0.15) is 5.56 Å². The third kappa shape index (κ3) is 3.25. The fourth-order valence-electron chi connectivity index (χ4n) is 2.46. The maximum Gasteiger partial charge on any atom is 0.242 e. The average molecular weight is 341 g/mol. The van der Waals surface area contributed by atoms with Crippen LogP contribution in [0, 0.1) is 0 Å². The molecule has 3 aromatic rings. The van der Waals surface area contributed by atoms with Crippen molar-refractivity contribution in [2.45, 2.75) is 11.4 Å². The van der Waals surface area contributed by atoms with Gasteiger partial charge in [0.1, 0.15) is 5.82 Å². The summed E-state index contributed by atoms with van der Waals surface area (Å²) in [7, 11) is -0.335. The number of nitrogens with zero attached hydrogens (tertiary/aromatic N) is 3. The smallest absolute Gasteiger partial charge is 0.242 e. The van der Waals surface area contributed by atoms with Crippen molar-refractivity contribution in [1.82, 2.24) is 13.9 Å². The van der Waals surface area contributed by atoms with Crippen molar-refractivity contribution in [2.75, 3.05) is 14.1 Å². The quantitative estimate of drug-likeness (QED) is 0.717. The van der Waals surface area contributed by atoms with Gasteiger partial charge in [-0.3, -0.25) is 0 Å². The lowest BCUT2D eigenvalue weighted by atomic mass is 10.2. The van der Waals surface area contributed by atoms with Crippen LogP contribution in [0.15, 0.2) is 71.9 Å². The van der Waals surface area contributed by atoms with Crippen LogP contribution in [0.5, 0.6) is 0 Å². The molecule has 124 valence electrons. The largest absolute Gasteiger partial charge is 0.327 e. The molecule has 0 spiro atoms. The SMILES string of the molecule is CN(C)S(=O)(=O)c1ccc(Cn2ccnc2-c2ccccc2)cc1. The monoisotopic (exact) mass is 341 g/mol. The lowest BCUT2D eigenvalue weighted by Gasteiger charge is -2.12. The molecular formula is C18H19N3O2S. The molecule has 0 atom stereocenters. The summed E-state index contributed by atoms with van der Waals surface area (Å²) in [6.45, 7) is 0.631. The minimum atomic E-state index is -3.39. The van der Waals surface area contributed by atoms with E-state index in [9.17, 15) is 8.42 Å². The van der Waals surface area contributed by atoms with Gasteiger partial charge in [-0.25, -0.2) is 17.7 Å². The van der Waals surface area contributed by atoms with Gasteiger partial charge in [-0.1, -0.05) is 42.5 Å². The molecule has 0 saturated carbocycles. The van der Waals surface area contributed by atoms with Crippen molar-refractivity contribution in [3.8, 4) is 11.4 Å². The molecule has 24 heavy (non-hydrogen) atoms. The second-order valence-corrected chi connectivity index (χ2v) is 7.83. The molecule has 0 aliphatic heterocycles. The fraction of sp³-hybridized carbons (Fsp3) is 0.167. The van der Waals surface area contributed by atoms with E-state index in [1.807, 2.05) is 53.2 Å². The van der Waals surface area contributed by atoms with E-state index in [0.717, 1.165) is 17.0 Å². The van der Waals surface area contributed by atoms with Gasteiger partial charge < -0.3 is 4.57 Å². The molecule has 0 aliphatic rings. The van der Waals surface area contributed by atoms with Crippen molar-refractivity contribution in [2.24, 2.45) is 0 Å². The number of benzene rings is 2. The molecule has 2 aromatic carbocycles. The Balaban J connectivity index is 1.85. The zero-order valence-corrected chi connectivity index (χ0v) is 14.4. The Morgan fingerprint density at radius 3 is 2.29 bits per heavy atom. The Kier molecular flexibility index (Phi) is 4.51. The van der Waals surface area contributed by atoms with E-state index < -0.39 is 10.0 Å². The molecule has 3 rings (SSSR count). The van der Waals surface area contributed by atoms with Gasteiger partial charge in [0.2, 0.25) is 10.0 Å². The zero-order chi connectivity index (χ0) is 17.2. The molecule has 0 unspecified atom stereocenters. The van der Waals surface area contributed by atoms with Gasteiger partial charge >= 0.3 is 0 Å². The van der Waals surface area contributed by atoms with Gasteiger partial charge in [0, 0.05) is 38.6 Å². The summed E-state index contributed by atoms with van der Waals surface area (Å²) in [5, 5.41) is 0. The van der Waals surface area contributed by atoms with Gasteiger partial charge in [-0.05, 0) is 17.7 Å². The van der Waals surface area contributed by atoms with Gasteiger partial charge in [0.15, 0.2) is 0 Å². The van der Waals surface area contributed by atoms with Crippen LogP contribution in [-0.2, 0) is 16.6 Å². The molecule has 0 aliphatic carbocycles. The number of hydrogen-bond donors (Lipinski definition) is 0. The number of aromatic nitrogens is 2. The van der Waals surface area contributed by atoms with Crippen LogP contribution in [0.2, 0.25) is 0 Å². The molecule has 0 N–H and O–H groups in total. The Morgan fingerprint density at radius 1 is 1.00 bits per heavy atom. The highest BCUT2D eigenvalue weighted by Crippen LogP contribution is 2.19. The van der Waals surface area contributed by atoms with Crippen LogP contribution < -0.4 is 0 Å². The van der Waals surface area contributed by atoms with E-state index in [4.69, 9.17) is 0 Å². The van der Waals surface area contributed by atoms with Crippen LogP contribution in [-0.4, -0.2) is 36.4 Å². The molecule has 1 heterocycles. The van der Waals surface area contributed by atoms with Crippen molar-refractivity contribution >= 4 is 10.0 Å². The minimum absolute atomic E-state index is 0.296. The fourth-order valence-corrected chi connectivity index (χ4v) is 3.36. The van der Waals surface area contributed by atoms with Crippen molar-refractivity contribution < 1.29 is 8.42 Å². The van der Waals surface area contributed by atoms with E-state index >= 15 is 0 Å². The van der Waals surface area contributed by atoms with Gasteiger partial charge in [-0.15, -0.1) is 0 Å². The number of hydrogen-bond acceptors (Lipinski definition) is 3. The maximum atomic E-state index is 12.1. The van der Waals surface area contributed by atoms with E-state index in [0.29, 0.717) is 11.4 Å². The number of sulfonamides is 1. The summed E-state index contributed by atoms with van der Waals surface area (Å²) in [6.07, 6.45) is 3.69. The number of imidazole rings is 1. The van der Waals surface area contributed by atoms with Crippen molar-refractivity contribution in [1.29, 1.82) is 0 Å². The van der Waals surface area contributed by atoms with E-state index in [2.05, 4.69) is 4.98 Å². The molecular weight excluding hydrogens is 322 g/mol. The Bertz CT molecular complexity index is 914. The van der Waals surface area contributed by atoms with Crippen LogP contribution in [0.3, 0.4) is 0 Å². The zero-order valence-electron chi connectivity index (χ0n) is 13.6. The van der Waals surface area contributed by atoms with Crippen LogP contribution >= 0.6 is 0 Å². The Hall–Kier alpha value is -2.44. The van der Waals surface area contributed by atoms with Crippen molar-refractivity contribution in [3.05, 3.63) is 72.6 Å². The summed E-state index contributed by atoms with van der Waals surface area (Å²) in [5.41, 5.74) is 2.07. The second-order valence-electron chi connectivity index (χ2n) is 5.68. The normalized spacial score (nSPS) is 11.8. The van der Waals surface area contributed by atoms with E-state index in [1.165, 1.54) is 18.4 Å². The molecule has 6 heteroatoms. The topological polar surface area (TPSA) is 55.2 Å². The van der Waals surface area contributed by atoms with E-state index in [1.54, 1.807) is 18.3 Å². The molecule has 1 aromatic heterocycles. The van der Waals surface area contributed by atoms with E-state index in [-0.39, 0.29) is 0 Å². The molecule has 0 bridgehead atoms. The summed E-state index contributed by atoms with van der Waals surface area (Å²) >= 11 is 0. The standard InChI is InChI=1S/C18H19N3O2S/c1-20(2)24(22,23)17-10-8-15(9-11-17)14-21-13-12-19-18(21)16-6-4-3-5-7-16/h3-13H,14H2,1-2H3. The minimum Gasteiger partial charge on any atom is -0.327 e. The first-order valence-electron chi connectivity index (χ1n) is 7.56. The van der Waals surface area contributed by atoms with Gasteiger partial charge in [0.05, 0.1) is 4.90 Å². The molecule has 0 fully saturated rings. The van der Waals surface area contributed by atoms with Gasteiger partial charge in [-0.2, -0.15) is 0 Å². The average Bonchev–Trinajstić information content (AvgIpc) is 3.04. The highest BCUT2D eigenvalue weighted by Gasteiger charge is 2.16. The predicted octanol–water partition coefficient (Wildman–Crippen LogP) is 2.85. The lowest BCUT2D eigenvalue weighted by molar-refractivity contribution is 0.520. The first-order valence-corrected chi connectivity index (χ1v) is 9.00. The first-order chi connectivity index (χ1) is 11.5. The van der Waals surface area contributed by atoms with Gasteiger partial charge in [0.25, 0.3) is 0 Å². The second kappa shape index (κ2) is 6.59. The highest BCUT2D eigenvalue weighted by molar-refractivity contribution is 7.89.